The van der Waals surface area contributed by atoms with Gasteiger partial charge in [0.05, 0.1) is 23.2 Å². The SMILES string of the molecule is Cc1ccc([N+](=O)[O-])cc1NC(=O)C[NH+]1CCC[C@@H]2CCCC[C@@H]21. The van der Waals surface area contributed by atoms with Crippen molar-refractivity contribution in [3.63, 3.8) is 0 Å². The number of nitrogens with zero attached hydrogens (tertiary/aromatic N) is 1. The smallest absolute Gasteiger partial charge is 0.279 e. The minimum absolute atomic E-state index is 0.00793. The van der Waals surface area contributed by atoms with Gasteiger partial charge in [0, 0.05) is 18.1 Å². The summed E-state index contributed by atoms with van der Waals surface area (Å²) in [7, 11) is 0. The zero-order valence-corrected chi connectivity index (χ0v) is 14.2. The summed E-state index contributed by atoms with van der Waals surface area (Å²) in [6.07, 6.45) is 7.63. The van der Waals surface area contributed by atoms with Crippen LogP contribution in [0.25, 0.3) is 0 Å². The summed E-state index contributed by atoms with van der Waals surface area (Å²) < 4.78 is 0. The minimum Gasteiger partial charge on any atom is -0.324 e. The molecular weight excluding hydrogens is 306 g/mol. The van der Waals surface area contributed by atoms with E-state index in [4.69, 9.17) is 0 Å². The number of nitro groups is 1. The van der Waals surface area contributed by atoms with E-state index in [-0.39, 0.29) is 11.6 Å². The lowest BCUT2D eigenvalue weighted by Gasteiger charge is -2.40. The van der Waals surface area contributed by atoms with Crippen molar-refractivity contribution in [2.24, 2.45) is 5.92 Å². The van der Waals surface area contributed by atoms with Crippen molar-refractivity contribution in [1.29, 1.82) is 0 Å². The largest absolute Gasteiger partial charge is 0.324 e. The Bertz CT molecular complexity index is 630. The molecule has 24 heavy (non-hydrogen) atoms. The number of nitro benzene ring substituents is 1. The van der Waals surface area contributed by atoms with Gasteiger partial charge in [0.25, 0.3) is 11.6 Å². The first kappa shape index (κ1) is 16.9. The number of nitrogens with one attached hydrogen (secondary N) is 2. The fraction of sp³-hybridized carbons (Fsp3) is 0.611. The molecule has 0 bridgehead atoms. The second-order valence-corrected chi connectivity index (χ2v) is 7.18. The molecule has 0 aromatic heterocycles. The molecule has 1 aromatic rings. The van der Waals surface area contributed by atoms with Crippen LogP contribution in [0.1, 0.15) is 44.1 Å². The first-order valence-corrected chi connectivity index (χ1v) is 8.94. The Kier molecular flexibility index (Phi) is 5.14. The Morgan fingerprint density at radius 2 is 2.04 bits per heavy atom. The van der Waals surface area contributed by atoms with Gasteiger partial charge >= 0.3 is 0 Å². The summed E-state index contributed by atoms with van der Waals surface area (Å²) in [6.45, 7) is 3.37. The van der Waals surface area contributed by atoms with Gasteiger partial charge in [-0.05, 0) is 44.6 Å². The van der Waals surface area contributed by atoms with Gasteiger partial charge in [0.2, 0.25) is 0 Å². The Hall–Kier alpha value is -1.95. The summed E-state index contributed by atoms with van der Waals surface area (Å²) in [4.78, 5) is 24.4. The Balaban J connectivity index is 1.65. The van der Waals surface area contributed by atoms with E-state index in [1.807, 2.05) is 6.92 Å². The van der Waals surface area contributed by atoms with Crippen LogP contribution in [0.4, 0.5) is 11.4 Å². The third-order valence-corrected chi connectivity index (χ3v) is 5.60. The lowest BCUT2D eigenvalue weighted by molar-refractivity contribution is -0.928. The van der Waals surface area contributed by atoms with E-state index in [2.05, 4.69) is 5.32 Å². The van der Waals surface area contributed by atoms with Crippen LogP contribution in [0, 0.1) is 23.0 Å². The number of non-ortho nitro benzene ring substituents is 1. The van der Waals surface area contributed by atoms with Crippen molar-refractivity contribution in [3.05, 3.63) is 33.9 Å². The molecule has 130 valence electrons. The fourth-order valence-corrected chi connectivity index (χ4v) is 4.35. The molecule has 1 amide bonds. The number of likely N-dealkylation sites (tertiary alicyclic amines) is 1. The number of carbonyl (C=O) groups excluding carboxylic acids is 1. The van der Waals surface area contributed by atoms with Crippen LogP contribution in [0.3, 0.4) is 0 Å². The molecule has 3 rings (SSSR count). The summed E-state index contributed by atoms with van der Waals surface area (Å²) in [5.74, 6) is 0.731. The number of anilines is 1. The van der Waals surface area contributed by atoms with E-state index in [1.54, 1.807) is 6.07 Å². The molecule has 0 spiro atoms. The molecule has 1 aliphatic heterocycles. The summed E-state index contributed by atoms with van der Waals surface area (Å²) >= 11 is 0. The second kappa shape index (κ2) is 7.30. The first-order chi connectivity index (χ1) is 11.5. The van der Waals surface area contributed by atoms with Crippen molar-refractivity contribution in [2.75, 3.05) is 18.4 Å². The van der Waals surface area contributed by atoms with Gasteiger partial charge in [0.1, 0.15) is 0 Å². The van der Waals surface area contributed by atoms with E-state index in [1.165, 1.54) is 55.6 Å². The van der Waals surface area contributed by atoms with Gasteiger partial charge in [-0.3, -0.25) is 14.9 Å². The summed E-state index contributed by atoms with van der Waals surface area (Å²) in [6, 6.07) is 5.21. The minimum atomic E-state index is -0.433. The van der Waals surface area contributed by atoms with E-state index in [9.17, 15) is 14.9 Å². The van der Waals surface area contributed by atoms with Gasteiger partial charge in [-0.15, -0.1) is 0 Å². The van der Waals surface area contributed by atoms with Gasteiger partial charge in [-0.1, -0.05) is 12.5 Å². The average molecular weight is 332 g/mol. The molecule has 3 atom stereocenters. The van der Waals surface area contributed by atoms with Gasteiger partial charge in [0.15, 0.2) is 6.54 Å². The molecule has 1 aromatic carbocycles. The average Bonchev–Trinajstić information content (AvgIpc) is 2.57. The number of fused-ring (bicyclic) bond motifs is 1. The van der Waals surface area contributed by atoms with Gasteiger partial charge in [-0.25, -0.2) is 0 Å². The van der Waals surface area contributed by atoms with Crippen LogP contribution in [0.2, 0.25) is 0 Å². The molecular formula is C18H26N3O3+. The van der Waals surface area contributed by atoms with Crippen molar-refractivity contribution >= 4 is 17.3 Å². The van der Waals surface area contributed by atoms with Crippen LogP contribution in [0.15, 0.2) is 18.2 Å². The molecule has 1 heterocycles. The van der Waals surface area contributed by atoms with Crippen molar-refractivity contribution in [1.82, 2.24) is 0 Å². The fourth-order valence-electron chi connectivity index (χ4n) is 4.35. The number of rotatable bonds is 4. The lowest BCUT2D eigenvalue weighted by Crippen LogP contribution is -3.18. The zero-order valence-electron chi connectivity index (χ0n) is 14.2. The number of hydrogen-bond donors (Lipinski definition) is 2. The highest BCUT2D eigenvalue weighted by atomic mass is 16.6. The Morgan fingerprint density at radius 1 is 1.29 bits per heavy atom. The molecule has 6 nitrogen and oxygen atoms in total. The van der Waals surface area contributed by atoms with Crippen LogP contribution in [-0.4, -0.2) is 30.0 Å². The highest BCUT2D eigenvalue weighted by Gasteiger charge is 2.37. The normalized spacial score (nSPS) is 26.5. The number of carbonyl (C=O) groups is 1. The number of quaternary nitrogens is 1. The van der Waals surface area contributed by atoms with E-state index < -0.39 is 4.92 Å². The highest BCUT2D eigenvalue weighted by molar-refractivity contribution is 5.92. The summed E-state index contributed by atoms with van der Waals surface area (Å²) in [5, 5.41) is 13.8. The quantitative estimate of drug-likeness (QED) is 0.655. The molecule has 1 saturated carbocycles. The number of benzene rings is 1. The maximum absolute atomic E-state index is 12.5. The predicted octanol–water partition coefficient (Wildman–Crippen LogP) is 2.08. The lowest BCUT2D eigenvalue weighted by atomic mass is 9.78. The first-order valence-electron chi connectivity index (χ1n) is 8.94. The molecule has 2 N–H and O–H groups in total. The second-order valence-electron chi connectivity index (χ2n) is 7.18. The van der Waals surface area contributed by atoms with Crippen molar-refractivity contribution < 1.29 is 14.6 Å². The Labute approximate surface area is 142 Å². The van der Waals surface area contributed by atoms with E-state index in [0.29, 0.717) is 18.3 Å². The Morgan fingerprint density at radius 3 is 2.83 bits per heavy atom. The predicted molar refractivity (Wildman–Crippen MR) is 92.1 cm³/mol. The van der Waals surface area contributed by atoms with E-state index >= 15 is 0 Å². The van der Waals surface area contributed by atoms with Crippen molar-refractivity contribution in [3.8, 4) is 0 Å². The molecule has 1 aliphatic carbocycles. The standard InChI is InChI=1S/C18H25N3O3/c1-13-8-9-15(21(23)24)11-16(13)19-18(22)12-20-10-4-6-14-5-2-3-7-17(14)20/h8-9,11,14,17H,2-7,10,12H2,1H3,(H,19,22)/p+1/t14-,17-/m0/s1. The number of aryl methyl sites for hydroxylation is 1. The molecule has 0 radical (unpaired) electrons. The third-order valence-electron chi connectivity index (χ3n) is 5.60. The maximum Gasteiger partial charge on any atom is 0.279 e. The maximum atomic E-state index is 12.5. The molecule has 1 saturated heterocycles. The molecule has 2 aliphatic rings. The number of hydrogen-bond acceptors (Lipinski definition) is 3. The number of piperidine rings is 1. The van der Waals surface area contributed by atoms with E-state index in [0.717, 1.165) is 18.0 Å². The van der Waals surface area contributed by atoms with Crippen molar-refractivity contribution in [2.45, 2.75) is 51.5 Å². The number of amides is 1. The van der Waals surface area contributed by atoms with Gasteiger partial charge < -0.3 is 10.2 Å². The molecule has 2 fully saturated rings. The molecule has 6 heteroatoms. The monoisotopic (exact) mass is 332 g/mol. The van der Waals surface area contributed by atoms with Crippen LogP contribution in [0.5, 0.6) is 0 Å². The topological polar surface area (TPSA) is 76.7 Å². The van der Waals surface area contributed by atoms with Gasteiger partial charge in [-0.2, -0.15) is 0 Å². The highest BCUT2D eigenvalue weighted by Crippen LogP contribution is 2.28. The van der Waals surface area contributed by atoms with Crippen LogP contribution < -0.4 is 10.2 Å². The zero-order chi connectivity index (χ0) is 17.1. The van der Waals surface area contributed by atoms with Crippen LogP contribution in [-0.2, 0) is 4.79 Å². The molecule has 1 unspecified atom stereocenters. The van der Waals surface area contributed by atoms with Crippen LogP contribution >= 0.6 is 0 Å². The third kappa shape index (κ3) is 3.75. The summed E-state index contributed by atoms with van der Waals surface area (Å²) in [5.41, 5.74) is 1.40.